The van der Waals surface area contributed by atoms with Gasteiger partial charge >= 0.3 is 0 Å². The molecule has 0 amide bonds. The number of nitrogens with zero attached hydrogens (tertiary/aromatic N) is 3. The highest BCUT2D eigenvalue weighted by Crippen LogP contribution is 2.30. The molecular formula is C23H18N4O. The van der Waals surface area contributed by atoms with Crippen LogP contribution in [0.2, 0.25) is 0 Å². The van der Waals surface area contributed by atoms with Crippen LogP contribution in [0.3, 0.4) is 0 Å². The first-order valence-electron chi connectivity index (χ1n) is 8.88. The summed E-state index contributed by atoms with van der Waals surface area (Å²) in [5.41, 5.74) is 2.43. The van der Waals surface area contributed by atoms with E-state index >= 15 is 0 Å². The molecule has 5 heteroatoms. The normalized spacial score (nSPS) is 10.7. The second-order valence-corrected chi connectivity index (χ2v) is 5.96. The molecule has 0 spiro atoms. The molecule has 4 rings (SSSR count). The third-order valence-corrected chi connectivity index (χ3v) is 3.88. The van der Waals surface area contributed by atoms with Crippen LogP contribution in [-0.2, 0) is 0 Å². The molecule has 4 aromatic rings. The van der Waals surface area contributed by atoms with E-state index in [0.717, 1.165) is 11.3 Å². The van der Waals surface area contributed by atoms with Crippen molar-refractivity contribution in [1.82, 2.24) is 9.97 Å². The lowest BCUT2D eigenvalue weighted by Crippen LogP contribution is -1.99. The first-order chi connectivity index (χ1) is 13.9. The summed E-state index contributed by atoms with van der Waals surface area (Å²) >= 11 is 0. The van der Waals surface area contributed by atoms with Crippen LogP contribution in [0, 0.1) is 0 Å². The zero-order valence-electron chi connectivity index (χ0n) is 15.1. The van der Waals surface area contributed by atoms with E-state index in [9.17, 15) is 0 Å². The van der Waals surface area contributed by atoms with Crippen LogP contribution < -0.4 is 10.1 Å². The molecule has 3 aromatic carbocycles. The van der Waals surface area contributed by atoms with E-state index in [1.54, 1.807) is 12.4 Å². The summed E-state index contributed by atoms with van der Waals surface area (Å²) in [5, 5.41) is 3.18. The smallest absolute Gasteiger partial charge is 0.250 e. The molecule has 136 valence electrons. The Labute approximate surface area is 163 Å². The van der Waals surface area contributed by atoms with Crippen molar-refractivity contribution >= 4 is 23.5 Å². The number of hydrogen-bond acceptors (Lipinski definition) is 5. The molecule has 0 aliphatic heterocycles. The summed E-state index contributed by atoms with van der Waals surface area (Å²) in [5.74, 6) is 1.51. The van der Waals surface area contributed by atoms with Crippen molar-refractivity contribution in [2.24, 2.45) is 4.99 Å². The Kier molecular flexibility index (Phi) is 5.35. The van der Waals surface area contributed by atoms with Crippen molar-refractivity contribution in [3.8, 4) is 11.6 Å². The van der Waals surface area contributed by atoms with E-state index < -0.39 is 0 Å². The first kappa shape index (κ1) is 17.4. The van der Waals surface area contributed by atoms with Crippen LogP contribution in [0.4, 0.5) is 17.3 Å². The Hall–Kier alpha value is -3.99. The topological polar surface area (TPSA) is 59.4 Å². The summed E-state index contributed by atoms with van der Waals surface area (Å²) in [6.07, 6.45) is 3.41. The van der Waals surface area contributed by atoms with Gasteiger partial charge < -0.3 is 10.1 Å². The first-order valence-corrected chi connectivity index (χ1v) is 8.88. The minimum absolute atomic E-state index is 0.381. The van der Waals surface area contributed by atoms with Crippen molar-refractivity contribution in [3.05, 3.63) is 103 Å². The fraction of sp³-hybridized carbons (Fsp3) is 0. The molecule has 0 aliphatic rings. The second kappa shape index (κ2) is 8.60. The van der Waals surface area contributed by atoms with E-state index in [1.807, 2.05) is 91.0 Å². The number of nitrogens with one attached hydrogen (secondary N) is 1. The van der Waals surface area contributed by atoms with Crippen LogP contribution >= 0.6 is 0 Å². The Morgan fingerprint density at radius 1 is 0.786 bits per heavy atom. The number of anilines is 2. The molecule has 0 aliphatic carbocycles. The van der Waals surface area contributed by atoms with Gasteiger partial charge in [-0.25, -0.2) is 9.98 Å². The SMILES string of the molecule is C(=N\c1cnc(Nc2ccccc2)nc1Oc1ccccc1)/c1ccccc1. The highest BCUT2D eigenvalue weighted by atomic mass is 16.5. The number of hydrogen-bond donors (Lipinski definition) is 1. The van der Waals surface area contributed by atoms with Gasteiger partial charge in [-0.3, -0.25) is 0 Å². The molecule has 1 heterocycles. The Balaban J connectivity index is 1.65. The van der Waals surface area contributed by atoms with Crippen molar-refractivity contribution in [3.63, 3.8) is 0 Å². The lowest BCUT2D eigenvalue weighted by atomic mass is 10.2. The van der Waals surface area contributed by atoms with Crippen LogP contribution in [0.25, 0.3) is 0 Å². The van der Waals surface area contributed by atoms with Gasteiger partial charge in [0.25, 0.3) is 0 Å². The van der Waals surface area contributed by atoms with Gasteiger partial charge in [0.2, 0.25) is 11.8 Å². The van der Waals surface area contributed by atoms with E-state index in [-0.39, 0.29) is 0 Å². The lowest BCUT2D eigenvalue weighted by molar-refractivity contribution is 0.464. The molecule has 1 N–H and O–H groups in total. The maximum atomic E-state index is 5.97. The van der Waals surface area contributed by atoms with Crippen LogP contribution in [0.5, 0.6) is 11.6 Å². The van der Waals surface area contributed by atoms with E-state index in [0.29, 0.717) is 23.3 Å². The summed E-state index contributed by atoms with van der Waals surface area (Å²) in [4.78, 5) is 13.4. The zero-order chi connectivity index (χ0) is 19.0. The molecule has 0 radical (unpaired) electrons. The molecule has 0 saturated heterocycles. The number of para-hydroxylation sites is 2. The summed E-state index contributed by atoms with van der Waals surface area (Å²) in [7, 11) is 0. The summed E-state index contributed by atoms with van der Waals surface area (Å²) in [6.45, 7) is 0. The molecule has 0 atom stereocenters. The lowest BCUT2D eigenvalue weighted by Gasteiger charge is -2.10. The van der Waals surface area contributed by atoms with Gasteiger partial charge in [0.15, 0.2) is 0 Å². The minimum Gasteiger partial charge on any atom is -0.437 e. The van der Waals surface area contributed by atoms with E-state index in [2.05, 4.69) is 20.3 Å². The van der Waals surface area contributed by atoms with E-state index in [4.69, 9.17) is 4.74 Å². The Morgan fingerprint density at radius 2 is 1.43 bits per heavy atom. The zero-order valence-corrected chi connectivity index (χ0v) is 15.1. The number of rotatable bonds is 6. The number of aliphatic imine (C=N–C) groups is 1. The van der Waals surface area contributed by atoms with Gasteiger partial charge in [0.1, 0.15) is 11.4 Å². The van der Waals surface area contributed by atoms with Crippen molar-refractivity contribution in [1.29, 1.82) is 0 Å². The maximum Gasteiger partial charge on any atom is 0.250 e. The highest BCUT2D eigenvalue weighted by molar-refractivity contribution is 5.82. The predicted octanol–water partition coefficient (Wildman–Crippen LogP) is 5.76. The Bertz CT molecular complexity index is 1050. The molecule has 0 unspecified atom stereocenters. The van der Waals surface area contributed by atoms with Crippen LogP contribution in [-0.4, -0.2) is 16.2 Å². The number of ether oxygens (including phenoxy) is 1. The van der Waals surface area contributed by atoms with Gasteiger partial charge in [-0.2, -0.15) is 4.98 Å². The van der Waals surface area contributed by atoms with Gasteiger partial charge in [-0.15, -0.1) is 0 Å². The highest BCUT2D eigenvalue weighted by Gasteiger charge is 2.09. The van der Waals surface area contributed by atoms with Crippen molar-refractivity contribution in [2.45, 2.75) is 0 Å². The predicted molar refractivity (Wildman–Crippen MR) is 112 cm³/mol. The summed E-state index contributed by atoms with van der Waals surface area (Å²) < 4.78 is 5.97. The third kappa shape index (κ3) is 4.59. The fourth-order valence-electron chi connectivity index (χ4n) is 2.52. The molecule has 0 bridgehead atoms. The molecule has 0 fully saturated rings. The molecule has 5 nitrogen and oxygen atoms in total. The minimum atomic E-state index is 0.381. The van der Waals surface area contributed by atoms with Gasteiger partial charge in [0.05, 0.1) is 6.20 Å². The second-order valence-electron chi connectivity index (χ2n) is 5.96. The van der Waals surface area contributed by atoms with Crippen molar-refractivity contribution in [2.75, 3.05) is 5.32 Å². The van der Waals surface area contributed by atoms with Gasteiger partial charge in [-0.1, -0.05) is 66.7 Å². The standard InChI is InChI=1S/C23H18N4O/c1-4-10-18(11-5-1)16-24-21-17-25-23(26-19-12-6-2-7-13-19)27-22(21)28-20-14-8-3-9-15-20/h1-17H,(H,25,26,27)/b24-16+. The van der Waals surface area contributed by atoms with Crippen LogP contribution in [0.1, 0.15) is 5.56 Å². The van der Waals surface area contributed by atoms with Crippen LogP contribution in [0.15, 0.2) is 102 Å². The largest absolute Gasteiger partial charge is 0.437 e. The molecule has 0 saturated carbocycles. The third-order valence-electron chi connectivity index (χ3n) is 3.88. The molecule has 1 aromatic heterocycles. The monoisotopic (exact) mass is 366 g/mol. The molecular weight excluding hydrogens is 348 g/mol. The van der Waals surface area contributed by atoms with Crippen molar-refractivity contribution < 1.29 is 4.74 Å². The average Bonchev–Trinajstić information content (AvgIpc) is 2.75. The maximum absolute atomic E-state index is 5.97. The van der Waals surface area contributed by atoms with E-state index in [1.165, 1.54) is 0 Å². The summed E-state index contributed by atoms with van der Waals surface area (Å²) in [6, 6.07) is 29.1. The Morgan fingerprint density at radius 3 is 2.14 bits per heavy atom. The average molecular weight is 366 g/mol. The fourth-order valence-corrected chi connectivity index (χ4v) is 2.52. The van der Waals surface area contributed by atoms with Gasteiger partial charge in [0, 0.05) is 11.9 Å². The molecule has 28 heavy (non-hydrogen) atoms. The number of benzene rings is 3. The number of aromatic nitrogens is 2. The van der Waals surface area contributed by atoms with Gasteiger partial charge in [-0.05, 0) is 29.8 Å². The quantitative estimate of drug-likeness (QED) is 0.441.